The second kappa shape index (κ2) is 7.12. The summed E-state index contributed by atoms with van der Waals surface area (Å²) in [5.74, 6) is -0.767. The van der Waals surface area contributed by atoms with E-state index in [1.165, 1.54) is 18.0 Å². The van der Waals surface area contributed by atoms with Crippen LogP contribution in [0.4, 0.5) is 37.5 Å². The molecule has 3 aromatic rings. The van der Waals surface area contributed by atoms with E-state index in [9.17, 15) is 8.78 Å². The number of aryl methyl sites for hydroxylation is 1. The van der Waals surface area contributed by atoms with Crippen LogP contribution in [0.25, 0.3) is 0 Å². The summed E-state index contributed by atoms with van der Waals surface area (Å²) in [6.45, 7) is 2.08. The quantitative estimate of drug-likeness (QED) is 0.642. The van der Waals surface area contributed by atoms with Crippen molar-refractivity contribution in [2.75, 3.05) is 16.4 Å². The molecule has 0 unspecified atom stereocenters. The molecule has 0 aliphatic carbocycles. The SMILES string of the molecule is CCc1ccc(Nc2ncnc(Nc3ccc(F)cc3F)c2N)cc1. The van der Waals surface area contributed by atoms with Gasteiger partial charge in [0.15, 0.2) is 11.6 Å². The Hall–Kier alpha value is -3.22. The van der Waals surface area contributed by atoms with Gasteiger partial charge in [-0.15, -0.1) is 0 Å². The summed E-state index contributed by atoms with van der Waals surface area (Å²) < 4.78 is 26.8. The second-order valence-corrected chi connectivity index (χ2v) is 5.41. The number of nitrogens with one attached hydrogen (secondary N) is 2. The molecule has 0 saturated heterocycles. The highest BCUT2D eigenvalue weighted by molar-refractivity contribution is 5.80. The highest BCUT2D eigenvalue weighted by Crippen LogP contribution is 2.29. The summed E-state index contributed by atoms with van der Waals surface area (Å²) in [6.07, 6.45) is 2.26. The molecule has 1 heterocycles. The Balaban J connectivity index is 1.83. The van der Waals surface area contributed by atoms with Crippen LogP contribution in [0, 0.1) is 11.6 Å². The third kappa shape index (κ3) is 3.82. The Morgan fingerprint density at radius 1 is 0.960 bits per heavy atom. The van der Waals surface area contributed by atoms with Crippen molar-refractivity contribution in [2.24, 2.45) is 0 Å². The van der Waals surface area contributed by atoms with Crippen molar-refractivity contribution < 1.29 is 8.78 Å². The lowest BCUT2D eigenvalue weighted by Gasteiger charge is -2.13. The summed E-state index contributed by atoms with van der Waals surface area (Å²) in [4.78, 5) is 8.13. The number of halogens is 2. The van der Waals surface area contributed by atoms with Gasteiger partial charge in [-0.05, 0) is 36.2 Å². The van der Waals surface area contributed by atoms with E-state index in [0.717, 1.165) is 24.2 Å². The summed E-state index contributed by atoms with van der Waals surface area (Å²) in [5, 5.41) is 5.86. The molecule has 2 aromatic carbocycles. The van der Waals surface area contributed by atoms with E-state index in [1.807, 2.05) is 24.3 Å². The van der Waals surface area contributed by atoms with Gasteiger partial charge in [0.1, 0.15) is 23.6 Å². The van der Waals surface area contributed by atoms with Crippen LogP contribution < -0.4 is 16.4 Å². The Morgan fingerprint density at radius 2 is 1.64 bits per heavy atom. The van der Waals surface area contributed by atoms with Crippen LogP contribution >= 0.6 is 0 Å². The molecule has 0 spiro atoms. The molecule has 0 bridgehead atoms. The van der Waals surface area contributed by atoms with Gasteiger partial charge >= 0.3 is 0 Å². The van der Waals surface area contributed by atoms with Crippen LogP contribution in [0.3, 0.4) is 0 Å². The first-order valence-corrected chi connectivity index (χ1v) is 7.75. The number of hydrogen-bond donors (Lipinski definition) is 3. The average Bonchev–Trinajstić information content (AvgIpc) is 2.61. The number of nitrogens with two attached hydrogens (primary N) is 1. The van der Waals surface area contributed by atoms with Gasteiger partial charge in [0.25, 0.3) is 0 Å². The molecule has 0 fully saturated rings. The van der Waals surface area contributed by atoms with Gasteiger partial charge in [-0.2, -0.15) is 0 Å². The van der Waals surface area contributed by atoms with Gasteiger partial charge in [-0.3, -0.25) is 0 Å². The zero-order chi connectivity index (χ0) is 17.8. The summed E-state index contributed by atoms with van der Waals surface area (Å²) >= 11 is 0. The smallest absolute Gasteiger partial charge is 0.159 e. The van der Waals surface area contributed by atoms with E-state index in [0.29, 0.717) is 5.82 Å². The highest BCUT2D eigenvalue weighted by Gasteiger charge is 2.11. The van der Waals surface area contributed by atoms with Crippen molar-refractivity contribution in [3.05, 3.63) is 66.0 Å². The standard InChI is InChI=1S/C18H17F2N5/c1-2-11-3-6-13(7-4-11)24-17-16(21)18(23-10-22-17)25-15-8-5-12(19)9-14(15)20/h3-10H,2,21H2,1H3,(H2,22,23,24,25). The fourth-order valence-corrected chi connectivity index (χ4v) is 2.27. The average molecular weight is 341 g/mol. The number of nitrogens with zero attached hydrogens (tertiary/aromatic N) is 2. The highest BCUT2D eigenvalue weighted by atomic mass is 19.1. The number of benzene rings is 2. The minimum atomic E-state index is -0.734. The minimum Gasteiger partial charge on any atom is -0.393 e. The topological polar surface area (TPSA) is 75.9 Å². The first kappa shape index (κ1) is 16.6. The zero-order valence-corrected chi connectivity index (χ0v) is 13.6. The Bertz CT molecular complexity index is 881. The van der Waals surface area contributed by atoms with Gasteiger partial charge in [0, 0.05) is 11.8 Å². The van der Waals surface area contributed by atoms with E-state index in [1.54, 1.807) is 0 Å². The molecule has 7 heteroatoms. The lowest BCUT2D eigenvalue weighted by molar-refractivity contribution is 0.586. The van der Waals surface area contributed by atoms with Crippen LogP contribution in [0.1, 0.15) is 12.5 Å². The first-order chi connectivity index (χ1) is 12.1. The van der Waals surface area contributed by atoms with Gasteiger partial charge in [-0.25, -0.2) is 18.7 Å². The monoisotopic (exact) mass is 341 g/mol. The van der Waals surface area contributed by atoms with Crippen molar-refractivity contribution in [3.8, 4) is 0 Å². The maximum absolute atomic E-state index is 13.8. The second-order valence-electron chi connectivity index (χ2n) is 5.41. The molecule has 5 nitrogen and oxygen atoms in total. The molecule has 0 aliphatic rings. The van der Waals surface area contributed by atoms with Gasteiger partial charge in [0.05, 0.1) is 5.69 Å². The van der Waals surface area contributed by atoms with E-state index in [-0.39, 0.29) is 17.2 Å². The molecule has 3 rings (SSSR count). The maximum atomic E-state index is 13.8. The third-order valence-corrected chi connectivity index (χ3v) is 3.69. The molecule has 128 valence electrons. The largest absolute Gasteiger partial charge is 0.393 e. The molecule has 0 saturated carbocycles. The Morgan fingerprint density at radius 3 is 2.28 bits per heavy atom. The van der Waals surface area contributed by atoms with Crippen LogP contribution in [0.2, 0.25) is 0 Å². The zero-order valence-electron chi connectivity index (χ0n) is 13.6. The maximum Gasteiger partial charge on any atom is 0.159 e. The molecule has 0 aliphatic heterocycles. The van der Waals surface area contributed by atoms with Crippen molar-refractivity contribution in [2.45, 2.75) is 13.3 Å². The van der Waals surface area contributed by atoms with Gasteiger partial charge in [0.2, 0.25) is 0 Å². The number of rotatable bonds is 5. The van der Waals surface area contributed by atoms with Crippen molar-refractivity contribution in [1.82, 2.24) is 9.97 Å². The third-order valence-electron chi connectivity index (χ3n) is 3.69. The molecule has 0 radical (unpaired) electrons. The lowest BCUT2D eigenvalue weighted by Crippen LogP contribution is -2.06. The lowest BCUT2D eigenvalue weighted by atomic mass is 10.1. The predicted octanol–water partition coefficient (Wildman–Crippen LogP) is 4.39. The van der Waals surface area contributed by atoms with Crippen molar-refractivity contribution in [1.29, 1.82) is 0 Å². The summed E-state index contributed by atoms with van der Waals surface area (Å²) in [7, 11) is 0. The first-order valence-electron chi connectivity index (χ1n) is 7.75. The van der Waals surface area contributed by atoms with Crippen molar-refractivity contribution >= 4 is 28.7 Å². The molecule has 4 N–H and O–H groups in total. The Kier molecular flexibility index (Phi) is 4.74. The molecular formula is C18H17F2N5. The fourth-order valence-electron chi connectivity index (χ4n) is 2.27. The number of anilines is 5. The van der Waals surface area contributed by atoms with Crippen molar-refractivity contribution in [3.63, 3.8) is 0 Å². The van der Waals surface area contributed by atoms with Crippen LogP contribution in [-0.2, 0) is 6.42 Å². The van der Waals surface area contributed by atoms with Gasteiger partial charge in [-0.1, -0.05) is 19.1 Å². The van der Waals surface area contributed by atoms with Crippen LogP contribution in [0.5, 0.6) is 0 Å². The van der Waals surface area contributed by atoms with E-state index < -0.39 is 11.6 Å². The van der Waals surface area contributed by atoms with Crippen LogP contribution in [0.15, 0.2) is 48.8 Å². The Labute approximate surface area is 143 Å². The van der Waals surface area contributed by atoms with Crippen LogP contribution in [-0.4, -0.2) is 9.97 Å². The number of hydrogen-bond acceptors (Lipinski definition) is 5. The summed E-state index contributed by atoms with van der Waals surface area (Å²) in [5.41, 5.74) is 8.41. The molecule has 0 atom stereocenters. The summed E-state index contributed by atoms with van der Waals surface area (Å²) in [6, 6.07) is 11.1. The molecular weight excluding hydrogens is 324 g/mol. The molecule has 25 heavy (non-hydrogen) atoms. The predicted molar refractivity (Wildman–Crippen MR) is 95.2 cm³/mol. The van der Waals surface area contributed by atoms with E-state index in [4.69, 9.17) is 5.73 Å². The fraction of sp³-hybridized carbons (Fsp3) is 0.111. The number of aromatic nitrogens is 2. The molecule has 0 amide bonds. The normalized spacial score (nSPS) is 10.5. The number of nitrogen functional groups attached to an aromatic ring is 1. The minimum absolute atomic E-state index is 0.0741. The molecule has 1 aromatic heterocycles. The van der Waals surface area contributed by atoms with E-state index >= 15 is 0 Å². The van der Waals surface area contributed by atoms with Gasteiger partial charge < -0.3 is 16.4 Å². The van der Waals surface area contributed by atoms with E-state index in [2.05, 4.69) is 27.5 Å².